The number of rotatable bonds is 2. The van der Waals surface area contributed by atoms with E-state index in [9.17, 15) is 4.79 Å². The number of carbonyl (C=O) groups excluding carboxylic acids is 1. The molecule has 1 aromatic carbocycles. The third-order valence-electron chi connectivity index (χ3n) is 5.31. The third-order valence-corrected chi connectivity index (χ3v) is 5.31. The van der Waals surface area contributed by atoms with Crippen LogP contribution < -0.4 is 0 Å². The topological polar surface area (TPSA) is 26.3 Å². The number of fused-ring (bicyclic) bond motifs is 1. The highest BCUT2D eigenvalue weighted by Crippen LogP contribution is 2.44. The van der Waals surface area contributed by atoms with Crippen molar-refractivity contribution in [3.05, 3.63) is 52.1 Å². The van der Waals surface area contributed by atoms with E-state index in [-0.39, 0.29) is 11.9 Å². The molecule has 2 nitrogen and oxygen atoms in total. The summed E-state index contributed by atoms with van der Waals surface area (Å²) >= 11 is 0. The standard InChI is InChI=1S/C20H26O2/c1-11-8-9-17(10-18(21)22-7)20-16(6)14(4)13(3)15(5)19(20)12(11)2/h17H,1-2,8-10H2,3-7H3. The summed E-state index contributed by atoms with van der Waals surface area (Å²) in [4.78, 5) is 11.8. The van der Waals surface area contributed by atoms with Gasteiger partial charge in [-0.05, 0) is 91.0 Å². The molecule has 2 heteroatoms. The van der Waals surface area contributed by atoms with Gasteiger partial charge in [0.25, 0.3) is 0 Å². The van der Waals surface area contributed by atoms with Gasteiger partial charge in [0.1, 0.15) is 0 Å². The van der Waals surface area contributed by atoms with Crippen LogP contribution in [0.5, 0.6) is 0 Å². The quantitative estimate of drug-likeness (QED) is 0.571. The van der Waals surface area contributed by atoms with Crippen LogP contribution in [0.4, 0.5) is 0 Å². The van der Waals surface area contributed by atoms with Gasteiger partial charge in [0.2, 0.25) is 0 Å². The maximum absolute atomic E-state index is 11.8. The molecule has 0 amide bonds. The first kappa shape index (κ1) is 16.5. The van der Waals surface area contributed by atoms with Gasteiger partial charge in [0.05, 0.1) is 13.5 Å². The first-order chi connectivity index (χ1) is 10.3. The maximum Gasteiger partial charge on any atom is 0.306 e. The minimum atomic E-state index is -0.149. The van der Waals surface area contributed by atoms with E-state index in [1.54, 1.807) is 0 Å². The van der Waals surface area contributed by atoms with Crippen LogP contribution in [0.15, 0.2) is 18.7 Å². The molecule has 0 saturated heterocycles. The summed E-state index contributed by atoms with van der Waals surface area (Å²) in [7, 11) is 1.45. The summed E-state index contributed by atoms with van der Waals surface area (Å²) < 4.78 is 4.90. The van der Waals surface area contributed by atoms with Crippen LogP contribution in [-0.2, 0) is 9.53 Å². The van der Waals surface area contributed by atoms with E-state index in [1.165, 1.54) is 40.5 Å². The molecule has 0 radical (unpaired) electrons. The molecule has 1 aliphatic rings. The zero-order valence-corrected chi connectivity index (χ0v) is 14.4. The normalized spacial score (nSPS) is 18.0. The average molecular weight is 298 g/mol. The summed E-state index contributed by atoms with van der Waals surface area (Å²) in [6, 6.07) is 0. The van der Waals surface area contributed by atoms with Crippen molar-refractivity contribution < 1.29 is 9.53 Å². The van der Waals surface area contributed by atoms with Crippen molar-refractivity contribution in [2.75, 3.05) is 7.11 Å². The molecule has 0 aromatic heterocycles. The molecular weight excluding hydrogens is 272 g/mol. The Morgan fingerprint density at radius 2 is 1.68 bits per heavy atom. The van der Waals surface area contributed by atoms with E-state index in [4.69, 9.17) is 4.74 Å². The largest absolute Gasteiger partial charge is 0.469 e. The van der Waals surface area contributed by atoms with E-state index in [0.717, 1.165) is 24.0 Å². The third kappa shape index (κ3) is 2.63. The van der Waals surface area contributed by atoms with Crippen molar-refractivity contribution in [2.45, 2.75) is 52.9 Å². The number of allylic oxidation sites excluding steroid dienone is 2. The molecule has 0 bridgehead atoms. The Morgan fingerprint density at radius 1 is 1.09 bits per heavy atom. The lowest BCUT2D eigenvalue weighted by Crippen LogP contribution is -2.13. The van der Waals surface area contributed by atoms with Crippen molar-refractivity contribution >= 4 is 11.5 Å². The lowest BCUT2D eigenvalue weighted by atomic mass is 9.80. The minimum Gasteiger partial charge on any atom is -0.469 e. The first-order valence-electron chi connectivity index (χ1n) is 7.84. The highest BCUT2D eigenvalue weighted by molar-refractivity contribution is 5.84. The number of ether oxygens (including phenoxy) is 1. The number of esters is 1. The van der Waals surface area contributed by atoms with Gasteiger partial charge in [-0.3, -0.25) is 4.79 Å². The Balaban J connectivity index is 2.72. The molecule has 2 rings (SSSR count). The van der Waals surface area contributed by atoms with Crippen LogP contribution >= 0.6 is 0 Å². The van der Waals surface area contributed by atoms with Gasteiger partial charge >= 0.3 is 5.97 Å². The molecule has 1 unspecified atom stereocenters. The molecule has 1 atom stereocenters. The number of methoxy groups -OCH3 is 1. The van der Waals surface area contributed by atoms with Gasteiger partial charge in [0.15, 0.2) is 0 Å². The molecule has 0 aliphatic heterocycles. The molecule has 1 aromatic rings. The van der Waals surface area contributed by atoms with Gasteiger partial charge in [-0.1, -0.05) is 13.2 Å². The number of hydrogen-bond acceptors (Lipinski definition) is 2. The fraction of sp³-hybridized carbons (Fsp3) is 0.450. The monoisotopic (exact) mass is 298 g/mol. The van der Waals surface area contributed by atoms with E-state index in [1.807, 2.05) is 0 Å². The lowest BCUT2D eigenvalue weighted by Gasteiger charge is -2.25. The zero-order valence-electron chi connectivity index (χ0n) is 14.4. The Hall–Kier alpha value is -1.83. The van der Waals surface area contributed by atoms with Crippen molar-refractivity contribution in [2.24, 2.45) is 0 Å². The van der Waals surface area contributed by atoms with Crippen LogP contribution in [0.2, 0.25) is 0 Å². The summed E-state index contributed by atoms with van der Waals surface area (Å²) in [5, 5.41) is 0. The Kier molecular flexibility index (Phi) is 4.60. The van der Waals surface area contributed by atoms with Gasteiger partial charge < -0.3 is 4.74 Å². The van der Waals surface area contributed by atoms with Crippen molar-refractivity contribution in [1.29, 1.82) is 0 Å². The van der Waals surface area contributed by atoms with Crippen molar-refractivity contribution in [3.63, 3.8) is 0 Å². The average Bonchev–Trinajstić information content (AvgIpc) is 2.62. The number of benzene rings is 1. The fourth-order valence-electron chi connectivity index (χ4n) is 3.55. The van der Waals surface area contributed by atoms with Gasteiger partial charge in [-0.15, -0.1) is 0 Å². The minimum absolute atomic E-state index is 0.149. The van der Waals surface area contributed by atoms with Crippen LogP contribution in [-0.4, -0.2) is 13.1 Å². The van der Waals surface area contributed by atoms with Crippen molar-refractivity contribution in [3.8, 4) is 0 Å². The van der Waals surface area contributed by atoms with Crippen LogP contribution in [0.25, 0.3) is 5.57 Å². The smallest absolute Gasteiger partial charge is 0.306 e. The predicted molar refractivity (Wildman–Crippen MR) is 92.2 cm³/mol. The molecular formula is C20H26O2. The Labute approximate surface area is 133 Å². The molecule has 0 heterocycles. The maximum atomic E-state index is 11.8. The summed E-state index contributed by atoms with van der Waals surface area (Å²) in [5.74, 6) is 0.0285. The summed E-state index contributed by atoms with van der Waals surface area (Å²) in [5.41, 5.74) is 9.76. The van der Waals surface area contributed by atoms with Gasteiger partial charge in [-0.25, -0.2) is 0 Å². The van der Waals surface area contributed by atoms with Crippen LogP contribution in [0.3, 0.4) is 0 Å². The Morgan fingerprint density at radius 3 is 2.27 bits per heavy atom. The van der Waals surface area contributed by atoms with Gasteiger partial charge in [0, 0.05) is 0 Å². The van der Waals surface area contributed by atoms with E-state index < -0.39 is 0 Å². The highest BCUT2D eigenvalue weighted by atomic mass is 16.5. The molecule has 0 saturated carbocycles. The fourth-order valence-corrected chi connectivity index (χ4v) is 3.55. The first-order valence-corrected chi connectivity index (χ1v) is 7.84. The molecule has 118 valence electrons. The Bertz CT molecular complexity index is 665. The second-order valence-electron chi connectivity index (χ2n) is 6.39. The van der Waals surface area contributed by atoms with Gasteiger partial charge in [-0.2, -0.15) is 0 Å². The zero-order chi connectivity index (χ0) is 16.6. The molecule has 22 heavy (non-hydrogen) atoms. The highest BCUT2D eigenvalue weighted by Gasteiger charge is 2.29. The summed E-state index contributed by atoms with van der Waals surface area (Å²) in [6.07, 6.45) is 2.22. The second kappa shape index (κ2) is 6.12. The molecule has 1 aliphatic carbocycles. The second-order valence-corrected chi connectivity index (χ2v) is 6.39. The van der Waals surface area contributed by atoms with Crippen molar-refractivity contribution in [1.82, 2.24) is 0 Å². The van der Waals surface area contributed by atoms with E-state index in [0.29, 0.717) is 6.42 Å². The molecule has 0 fully saturated rings. The van der Waals surface area contributed by atoms with E-state index >= 15 is 0 Å². The molecule has 0 N–H and O–H groups in total. The predicted octanol–water partition coefficient (Wildman–Crippen LogP) is 4.93. The van der Waals surface area contributed by atoms with Crippen LogP contribution in [0.1, 0.15) is 58.6 Å². The van der Waals surface area contributed by atoms with Crippen LogP contribution in [0, 0.1) is 27.7 Å². The number of hydrogen-bond donors (Lipinski definition) is 0. The van der Waals surface area contributed by atoms with E-state index in [2.05, 4.69) is 40.9 Å². The number of carbonyl (C=O) groups is 1. The molecule has 0 spiro atoms. The SMILES string of the molecule is C=C1CCC(CC(=O)OC)c2c(C)c(C)c(C)c(C)c2C1=C. The summed E-state index contributed by atoms with van der Waals surface area (Å²) in [6.45, 7) is 17.1. The lowest BCUT2D eigenvalue weighted by molar-refractivity contribution is -0.141.